The van der Waals surface area contributed by atoms with Crippen molar-refractivity contribution in [1.29, 1.82) is 0 Å². The lowest BCUT2D eigenvalue weighted by Crippen LogP contribution is -2.48. The molecule has 1 fully saturated rings. The number of H-pyrrole nitrogens is 1. The summed E-state index contributed by atoms with van der Waals surface area (Å²) in [4.78, 5) is 28.7. The van der Waals surface area contributed by atoms with Gasteiger partial charge in [0, 0.05) is 40.4 Å². The van der Waals surface area contributed by atoms with Gasteiger partial charge in [-0.3, -0.25) is 9.59 Å². The summed E-state index contributed by atoms with van der Waals surface area (Å²) in [6.45, 7) is 7.95. The Morgan fingerprint density at radius 3 is 2.67 bits per heavy atom. The van der Waals surface area contributed by atoms with E-state index in [4.69, 9.17) is 0 Å². The highest BCUT2D eigenvalue weighted by Gasteiger charge is 2.43. The molecule has 3 N–H and O–H groups in total. The molecule has 3 unspecified atom stereocenters. The molecule has 0 radical (unpaired) electrons. The zero-order chi connectivity index (χ0) is 26.2. The van der Waals surface area contributed by atoms with Gasteiger partial charge in [0.1, 0.15) is 6.04 Å². The molecule has 36 heavy (non-hydrogen) atoms. The fourth-order valence-corrected chi connectivity index (χ4v) is 5.60. The summed E-state index contributed by atoms with van der Waals surface area (Å²) in [5.41, 5.74) is 3.97. The predicted octanol–water partition coefficient (Wildman–Crippen LogP) is 4.93. The molecule has 1 aliphatic rings. The van der Waals surface area contributed by atoms with E-state index < -0.39 is 12.2 Å². The summed E-state index contributed by atoms with van der Waals surface area (Å²) in [7, 11) is 0. The predicted molar refractivity (Wildman–Crippen MR) is 134 cm³/mol. The topological polar surface area (TPSA) is 78.9 Å². The first-order valence-corrected chi connectivity index (χ1v) is 12.4. The zero-order valence-electron chi connectivity index (χ0n) is 21.1. The van der Waals surface area contributed by atoms with E-state index in [-0.39, 0.29) is 36.4 Å². The van der Waals surface area contributed by atoms with Crippen molar-refractivity contribution in [2.24, 2.45) is 5.92 Å². The second-order valence-corrected chi connectivity index (χ2v) is 9.74. The summed E-state index contributed by atoms with van der Waals surface area (Å²) >= 11 is 0. The SMILES string of the molecule is CCc1cc(C)[nH]c(=O)c1CNC(=O)c1c(C)n(C(C)C2CCNC(C(F)(F)F)C2)c2ccccc12. The molecule has 2 aromatic heterocycles. The average molecular weight is 503 g/mol. The number of carbonyl (C=O) groups is 1. The van der Waals surface area contributed by atoms with Crippen LogP contribution in [0.4, 0.5) is 13.2 Å². The van der Waals surface area contributed by atoms with Crippen molar-refractivity contribution < 1.29 is 18.0 Å². The number of piperidine rings is 1. The largest absolute Gasteiger partial charge is 0.403 e. The van der Waals surface area contributed by atoms with Gasteiger partial charge in [0.15, 0.2) is 0 Å². The Morgan fingerprint density at radius 1 is 1.25 bits per heavy atom. The molecule has 0 aliphatic carbocycles. The highest BCUT2D eigenvalue weighted by Crippen LogP contribution is 2.38. The van der Waals surface area contributed by atoms with E-state index in [1.165, 1.54) is 0 Å². The lowest BCUT2D eigenvalue weighted by atomic mass is 9.86. The lowest BCUT2D eigenvalue weighted by Gasteiger charge is -2.36. The molecule has 1 amide bonds. The number of halogens is 3. The van der Waals surface area contributed by atoms with Gasteiger partial charge < -0.3 is 20.2 Å². The molecule has 0 spiro atoms. The number of para-hydroxylation sites is 1. The minimum absolute atomic E-state index is 0.00581. The number of nitrogens with one attached hydrogen (secondary N) is 3. The highest BCUT2D eigenvalue weighted by atomic mass is 19.4. The van der Waals surface area contributed by atoms with E-state index in [1.54, 1.807) is 0 Å². The number of pyridine rings is 1. The monoisotopic (exact) mass is 502 g/mol. The maximum absolute atomic E-state index is 13.4. The third kappa shape index (κ3) is 4.93. The molecule has 1 aliphatic heterocycles. The number of rotatable bonds is 6. The van der Waals surface area contributed by atoms with Gasteiger partial charge in [0.25, 0.3) is 11.5 Å². The van der Waals surface area contributed by atoms with Gasteiger partial charge in [0.05, 0.1) is 5.56 Å². The van der Waals surface area contributed by atoms with Gasteiger partial charge in [-0.05, 0) is 70.2 Å². The molecule has 1 saturated heterocycles. The van der Waals surface area contributed by atoms with E-state index in [9.17, 15) is 22.8 Å². The second-order valence-electron chi connectivity index (χ2n) is 9.74. The number of aromatic amines is 1. The summed E-state index contributed by atoms with van der Waals surface area (Å²) in [6.07, 6.45) is -3.01. The minimum Gasteiger partial charge on any atom is -0.348 e. The number of amides is 1. The number of aryl methyl sites for hydroxylation is 2. The van der Waals surface area contributed by atoms with E-state index in [1.807, 2.05) is 62.6 Å². The standard InChI is InChI=1S/C27H33F3N4O2/c1-5-18-12-15(2)33-25(35)21(18)14-32-26(36)24-17(4)34(22-9-7-6-8-20(22)24)16(3)19-10-11-31-23(13-19)27(28,29)30/h6-9,12,16,19,23,31H,5,10-11,13-14H2,1-4H3,(H,32,36)(H,33,35). The number of nitrogens with zero attached hydrogens (tertiary/aromatic N) is 1. The second kappa shape index (κ2) is 10.1. The van der Waals surface area contributed by atoms with E-state index >= 15 is 0 Å². The Hall–Kier alpha value is -3.07. The van der Waals surface area contributed by atoms with Crippen LogP contribution in [0.25, 0.3) is 10.9 Å². The third-order valence-corrected chi connectivity index (χ3v) is 7.48. The minimum atomic E-state index is -4.29. The fraction of sp³-hybridized carbons (Fsp3) is 0.481. The number of alkyl halides is 3. The first kappa shape index (κ1) is 26.0. The molecular weight excluding hydrogens is 469 g/mol. The van der Waals surface area contributed by atoms with Crippen LogP contribution in [-0.2, 0) is 13.0 Å². The van der Waals surface area contributed by atoms with E-state index in [0.29, 0.717) is 36.2 Å². The van der Waals surface area contributed by atoms with Crippen LogP contribution in [0.1, 0.15) is 65.6 Å². The Labute approximate surface area is 208 Å². The van der Waals surface area contributed by atoms with Crippen LogP contribution in [0, 0.1) is 19.8 Å². The molecule has 1 aromatic carbocycles. The first-order chi connectivity index (χ1) is 17.0. The Kier molecular flexibility index (Phi) is 7.31. The molecule has 6 nitrogen and oxygen atoms in total. The van der Waals surface area contributed by atoms with Crippen molar-refractivity contribution in [3.8, 4) is 0 Å². The molecule has 3 atom stereocenters. The van der Waals surface area contributed by atoms with Crippen LogP contribution in [0.15, 0.2) is 35.1 Å². The van der Waals surface area contributed by atoms with Gasteiger partial charge in [0.2, 0.25) is 0 Å². The smallest absolute Gasteiger partial charge is 0.348 e. The van der Waals surface area contributed by atoms with Gasteiger partial charge in [-0.25, -0.2) is 0 Å². The quantitative estimate of drug-likeness (QED) is 0.447. The molecule has 4 rings (SSSR count). The van der Waals surface area contributed by atoms with Crippen molar-refractivity contribution in [3.63, 3.8) is 0 Å². The van der Waals surface area contributed by atoms with Gasteiger partial charge >= 0.3 is 6.18 Å². The summed E-state index contributed by atoms with van der Waals surface area (Å²) in [6, 6.07) is 7.63. The highest BCUT2D eigenvalue weighted by molar-refractivity contribution is 6.08. The van der Waals surface area contributed by atoms with Crippen LogP contribution >= 0.6 is 0 Å². The van der Waals surface area contributed by atoms with Crippen molar-refractivity contribution in [2.45, 2.75) is 71.8 Å². The summed E-state index contributed by atoms with van der Waals surface area (Å²) in [5.74, 6) is -0.503. The maximum atomic E-state index is 13.4. The average Bonchev–Trinajstić information content (AvgIpc) is 3.13. The number of carbonyl (C=O) groups excluding carboxylic acids is 1. The number of benzene rings is 1. The van der Waals surface area contributed by atoms with Crippen LogP contribution in [-0.4, -0.2) is 34.2 Å². The number of fused-ring (bicyclic) bond motifs is 1. The Balaban J connectivity index is 1.65. The van der Waals surface area contributed by atoms with Crippen LogP contribution in [0.2, 0.25) is 0 Å². The molecule has 9 heteroatoms. The van der Waals surface area contributed by atoms with Crippen molar-refractivity contribution in [3.05, 3.63) is 68.8 Å². The third-order valence-electron chi connectivity index (χ3n) is 7.48. The normalized spacial score (nSPS) is 19.4. The Bertz CT molecular complexity index is 1330. The number of hydrogen-bond donors (Lipinski definition) is 3. The molecule has 0 bridgehead atoms. The van der Waals surface area contributed by atoms with Gasteiger partial charge in [-0.15, -0.1) is 0 Å². The molecule has 3 aromatic rings. The van der Waals surface area contributed by atoms with Crippen LogP contribution in [0.3, 0.4) is 0 Å². The fourth-order valence-electron chi connectivity index (χ4n) is 5.60. The molecule has 3 heterocycles. The first-order valence-electron chi connectivity index (χ1n) is 12.4. The lowest BCUT2D eigenvalue weighted by molar-refractivity contribution is -0.164. The Morgan fingerprint density at radius 2 is 1.97 bits per heavy atom. The summed E-state index contributed by atoms with van der Waals surface area (Å²) in [5, 5.41) is 6.25. The van der Waals surface area contributed by atoms with E-state index in [0.717, 1.165) is 22.2 Å². The zero-order valence-corrected chi connectivity index (χ0v) is 21.1. The van der Waals surface area contributed by atoms with Gasteiger partial charge in [-0.2, -0.15) is 13.2 Å². The van der Waals surface area contributed by atoms with Crippen molar-refractivity contribution in [1.82, 2.24) is 20.2 Å². The van der Waals surface area contributed by atoms with E-state index in [2.05, 4.69) is 15.6 Å². The molecule has 194 valence electrons. The number of hydrogen-bond acceptors (Lipinski definition) is 3. The van der Waals surface area contributed by atoms with Crippen LogP contribution in [0.5, 0.6) is 0 Å². The van der Waals surface area contributed by atoms with Crippen molar-refractivity contribution >= 4 is 16.8 Å². The number of aromatic nitrogens is 2. The van der Waals surface area contributed by atoms with Crippen molar-refractivity contribution in [2.75, 3.05) is 6.54 Å². The molecular formula is C27H33F3N4O2. The van der Waals surface area contributed by atoms with Gasteiger partial charge in [-0.1, -0.05) is 25.1 Å². The van der Waals surface area contributed by atoms with Crippen LogP contribution < -0.4 is 16.2 Å². The summed E-state index contributed by atoms with van der Waals surface area (Å²) < 4.78 is 42.2. The molecule has 0 saturated carbocycles. The maximum Gasteiger partial charge on any atom is 0.403 e.